The van der Waals surface area contributed by atoms with Gasteiger partial charge in [0.25, 0.3) is 0 Å². The maximum atomic E-state index is 6.09. The highest BCUT2D eigenvalue weighted by atomic mass is 15.1. The van der Waals surface area contributed by atoms with Gasteiger partial charge < -0.3 is 10.6 Å². The Bertz CT molecular complexity index is 590. The summed E-state index contributed by atoms with van der Waals surface area (Å²) in [7, 11) is 2.11. The Kier molecular flexibility index (Phi) is 3.16. The van der Waals surface area contributed by atoms with Crippen molar-refractivity contribution in [2.24, 2.45) is 0 Å². The molecule has 0 fully saturated rings. The Morgan fingerprint density at radius 1 is 0.895 bits per heavy atom. The van der Waals surface area contributed by atoms with E-state index in [2.05, 4.69) is 36.2 Å². The van der Waals surface area contributed by atoms with Crippen LogP contribution in [0, 0.1) is 0 Å². The molecule has 0 aliphatic heterocycles. The Morgan fingerprint density at radius 3 is 2.47 bits per heavy atom. The topological polar surface area (TPSA) is 29.3 Å². The summed E-state index contributed by atoms with van der Waals surface area (Å²) in [5.41, 5.74) is 12.3. The van der Waals surface area contributed by atoms with Crippen molar-refractivity contribution in [3.8, 4) is 0 Å². The molecule has 0 aromatic heterocycles. The van der Waals surface area contributed by atoms with Gasteiger partial charge in [-0.1, -0.05) is 24.3 Å². The zero-order valence-corrected chi connectivity index (χ0v) is 11.4. The number of para-hydroxylation sites is 2. The maximum absolute atomic E-state index is 6.09. The van der Waals surface area contributed by atoms with Crippen LogP contribution in [-0.2, 0) is 12.8 Å². The molecule has 0 saturated heterocycles. The first kappa shape index (κ1) is 12.1. The largest absolute Gasteiger partial charge is 0.397 e. The molecule has 0 heterocycles. The molecule has 0 unspecified atom stereocenters. The second kappa shape index (κ2) is 4.96. The average molecular weight is 252 g/mol. The van der Waals surface area contributed by atoms with Crippen LogP contribution >= 0.6 is 0 Å². The van der Waals surface area contributed by atoms with Gasteiger partial charge >= 0.3 is 0 Å². The first-order chi connectivity index (χ1) is 9.27. The number of nitrogens with zero attached hydrogens (tertiary/aromatic N) is 1. The van der Waals surface area contributed by atoms with Crippen LogP contribution < -0.4 is 10.6 Å². The number of hydrogen-bond acceptors (Lipinski definition) is 2. The van der Waals surface area contributed by atoms with E-state index in [1.165, 1.54) is 42.5 Å². The summed E-state index contributed by atoms with van der Waals surface area (Å²) in [6.07, 6.45) is 5.00. The minimum atomic E-state index is 0.832. The zero-order valence-electron chi connectivity index (χ0n) is 11.4. The van der Waals surface area contributed by atoms with Gasteiger partial charge in [0.2, 0.25) is 0 Å². The summed E-state index contributed by atoms with van der Waals surface area (Å²) in [6, 6.07) is 14.7. The third-order valence-electron chi connectivity index (χ3n) is 4.03. The maximum Gasteiger partial charge on any atom is 0.0641 e. The molecule has 2 aromatic carbocycles. The lowest BCUT2D eigenvalue weighted by molar-refractivity contribution is 0.685. The lowest BCUT2D eigenvalue weighted by Gasteiger charge is -2.27. The molecule has 1 aliphatic carbocycles. The Balaban J connectivity index is 2.05. The molecular weight excluding hydrogens is 232 g/mol. The number of nitrogen functional groups attached to an aromatic ring is 1. The summed E-state index contributed by atoms with van der Waals surface area (Å²) >= 11 is 0. The highest BCUT2D eigenvalue weighted by Gasteiger charge is 2.16. The summed E-state index contributed by atoms with van der Waals surface area (Å²) < 4.78 is 0. The number of benzene rings is 2. The number of nitrogens with two attached hydrogens (primary N) is 1. The van der Waals surface area contributed by atoms with Crippen molar-refractivity contribution in [1.82, 2.24) is 0 Å². The monoisotopic (exact) mass is 252 g/mol. The third-order valence-corrected chi connectivity index (χ3v) is 4.03. The number of fused-ring (bicyclic) bond motifs is 1. The van der Waals surface area contributed by atoms with Crippen LogP contribution in [-0.4, -0.2) is 7.05 Å². The van der Waals surface area contributed by atoms with Gasteiger partial charge in [-0.25, -0.2) is 0 Å². The number of anilines is 3. The molecule has 0 amide bonds. The van der Waals surface area contributed by atoms with Crippen LogP contribution in [0.15, 0.2) is 42.5 Å². The van der Waals surface area contributed by atoms with Gasteiger partial charge in [-0.3, -0.25) is 0 Å². The molecule has 19 heavy (non-hydrogen) atoms. The lowest BCUT2D eigenvalue weighted by atomic mass is 9.90. The summed E-state index contributed by atoms with van der Waals surface area (Å²) in [4.78, 5) is 2.22. The quantitative estimate of drug-likeness (QED) is 0.821. The van der Waals surface area contributed by atoms with Crippen LogP contribution in [0.2, 0.25) is 0 Å². The minimum Gasteiger partial charge on any atom is -0.397 e. The van der Waals surface area contributed by atoms with E-state index in [9.17, 15) is 0 Å². The number of hydrogen-bond donors (Lipinski definition) is 1. The molecule has 2 heteroatoms. The second-order valence-electron chi connectivity index (χ2n) is 5.24. The van der Waals surface area contributed by atoms with Crippen LogP contribution in [0.5, 0.6) is 0 Å². The predicted molar refractivity (Wildman–Crippen MR) is 82.0 cm³/mol. The van der Waals surface area contributed by atoms with Gasteiger partial charge in [0.05, 0.1) is 11.4 Å². The normalized spacial score (nSPS) is 13.9. The molecule has 3 rings (SSSR count). The standard InChI is InChI=1S/C17H20N2/c1-19(17-11-5-4-10-15(17)18)16-12-6-8-13-7-2-3-9-14(13)16/h4-6,8,10-12H,2-3,7,9,18H2,1H3. The van der Waals surface area contributed by atoms with Crippen molar-refractivity contribution in [3.63, 3.8) is 0 Å². The first-order valence-corrected chi connectivity index (χ1v) is 6.96. The minimum absolute atomic E-state index is 0.832. The van der Waals surface area contributed by atoms with Crippen molar-refractivity contribution in [1.29, 1.82) is 0 Å². The van der Waals surface area contributed by atoms with Crippen LogP contribution in [0.4, 0.5) is 17.1 Å². The van der Waals surface area contributed by atoms with E-state index in [4.69, 9.17) is 5.73 Å². The van der Waals surface area contributed by atoms with Crippen molar-refractivity contribution in [2.75, 3.05) is 17.7 Å². The van der Waals surface area contributed by atoms with Crippen molar-refractivity contribution < 1.29 is 0 Å². The van der Waals surface area contributed by atoms with E-state index in [0.29, 0.717) is 0 Å². The molecule has 98 valence electrons. The second-order valence-corrected chi connectivity index (χ2v) is 5.24. The molecule has 2 aromatic rings. The molecule has 0 radical (unpaired) electrons. The van der Waals surface area contributed by atoms with Crippen LogP contribution in [0.1, 0.15) is 24.0 Å². The molecule has 0 bridgehead atoms. The SMILES string of the molecule is CN(c1ccccc1N)c1cccc2c1CCCC2. The van der Waals surface area contributed by atoms with Crippen LogP contribution in [0.3, 0.4) is 0 Å². The van der Waals surface area contributed by atoms with E-state index < -0.39 is 0 Å². The van der Waals surface area contributed by atoms with Gasteiger partial charge in [-0.15, -0.1) is 0 Å². The van der Waals surface area contributed by atoms with E-state index in [0.717, 1.165) is 11.4 Å². The van der Waals surface area contributed by atoms with Crippen molar-refractivity contribution in [2.45, 2.75) is 25.7 Å². The molecule has 0 spiro atoms. The van der Waals surface area contributed by atoms with Gasteiger partial charge in [0, 0.05) is 12.7 Å². The van der Waals surface area contributed by atoms with E-state index in [-0.39, 0.29) is 0 Å². The highest BCUT2D eigenvalue weighted by Crippen LogP contribution is 2.35. The first-order valence-electron chi connectivity index (χ1n) is 6.96. The molecule has 1 aliphatic rings. The highest BCUT2D eigenvalue weighted by molar-refractivity contribution is 5.76. The summed E-state index contributed by atoms with van der Waals surface area (Å²) in [5, 5.41) is 0. The van der Waals surface area contributed by atoms with Gasteiger partial charge in [-0.2, -0.15) is 0 Å². The van der Waals surface area contributed by atoms with E-state index in [1.807, 2.05) is 18.2 Å². The fraction of sp³-hybridized carbons (Fsp3) is 0.294. The zero-order chi connectivity index (χ0) is 13.2. The van der Waals surface area contributed by atoms with E-state index in [1.54, 1.807) is 0 Å². The molecule has 2 N–H and O–H groups in total. The van der Waals surface area contributed by atoms with Crippen molar-refractivity contribution >= 4 is 17.1 Å². The van der Waals surface area contributed by atoms with E-state index >= 15 is 0 Å². The third kappa shape index (κ3) is 2.19. The fourth-order valence-electron chi connectivity index (χ4n) is 3.00. The average Bonchev–Trinajstić information content (AvgIpc) is 2.46. The van der Waals surface area contributed by atoms with Gasteiger partial charge in [0.15, 0.2) is 0 Å². The molecular formula is C17H20N2. The van der Waals surface area contributed by atoms with Crippen LogP contribution in [0.25, 0.3) is 0 Å². The molecule has 0 atom stereocenters. The summed E-state index contributed by atoms with van der Waals surface area (Å²) in [6.45, 7) is 0. The fourth-order valence-corrected chi connectivity index (χ4v) is 3.00. The summed E-state index contributed by atoms with van der Waals surface area (Å²) in [5.74, 6) is 0. The lowest BCUT2D eigenvalue weighted by Crippen LogP contribution is -2.16. The molecule has 2 nitrogen and oxygen atoms in total. The Hall–Kier alpha value is -1.96. The number of rotatable bonds is 2. The van der Waals surface area contributed by atoms with Gasteiger partial charge in [-0.05, 0) is 55.0 Å². The Morgan fingerprint density at radius 2 is 1.63 bits per heavy atom. The predicted octanol–water partition coefficient (Wildman–Crippen LogP) is 3.92. The Labute approximate surface area is 114 Å². The van der Waals surface area contributed by atoms with Gasteiger partial charge in [0.1, 0.15) is 0 Å². The van der Waals surface area contributed by atoms with Crippen molar-refractivity contribution in [3.05, 3.63) is 53.6 Å². The number of aryl methyl sites for hydroxylation is 1. The molecule has 0 saturated carbocycles. The smallest absolute Gasteiger partial charge is 0.0641 e.